The Kier molecular flexibility index (Phi) is 14.5. The Morgan fingerprint density at radius 3 is 1.46 bits per heavy atom. The number of aliphatic hydroxyl groups excluding tert-OH is 6. The molecule has 18 N–H and O–H groups in total. The maximum Gasteiger partial charge on any atom is 0.579 e. The number of rotatable bonds is 16. The Morgan fingerprint density at radius 1 is 0.615 bits per heavy atom. The number of unbranched alkanes of at least 4 members (excludes halogenated alkanes) is 1. The summed E-state index contributed by atoms with van der Waals surface area (Å²) >= 11 is 0. The molecule has 0 aromatic heterocycles. The van der Waals surface area contributed by atoms with E-state index in [-0.39, 0.29) is 25.8 Å². The zero-order chi connectivity index (χ0) is 29.4. The van der Waals surface area contributed by atoms with Crippen LogP contribution < -0.4 is 23.6 Å². The minimum atomic E-state index is -3.82. The fraction of sp³-hybridized carbons (Fsp3) is 1.00. The van der Waals surface area contributed by atoms with Crippen molar-refractivity contribution in [1.29, 1.82) is 0 Å². The summed E-state index contributed by atoms with van der Waals surface area (Å²) in [4.78, 5) is 24.4. The van der Waals surface area contributed by atoms with Crippen LogP contribution in [0.25, 0.3) is 0 Å². The van der Waals surface area contributed by atoms with Gasteiger partial charge in [0.1, 0.15) is 30.5 Å². The molecule has 0 bridgehead atoms. The molecule has 2 fully saturated rings. The third-order valence-electron chi connectivity index (χ3n) is 6.32. The Balaban J connectivity index is 1.79. The van der Waals surface area contributed by atoms with Gasteiger partial charge in [0.25, 0.3) is 0 Å². The molecule has 0 amide bonds. The Hall–Kier alpha value is 0.0600. The summed E-state index contributed by atoms with van der Waals surface area (Å²) in [6.07, 6.45) is -14.7. The molecule has 2 heterocycles. The van der Waals surface area contributed by atoms with E-state index in [9.17, 15) is 40.4 Å². The molecule has 4 radical (unpaired) electrons. The van der Waals surface area contributed by atoms with E-state index in [1.54, 1.807) is 0 Å². The van der Waals surface area contributed by atoms with Crippen molar-refractivity contribution in [2.24, 2.45) is 0 Å². The lowest BCUT2D eigenvalue weighted by atomic mass is 9.97. The van der Waals surface area contributed by atoms with Gasteiger partial charge in [-0.15, -0.1) is 9.47 Å². The number of ether oxygens (including phenoxy) is 4. The molecule has 39 heavy (non-hydrogen) atoms. The van der Waals surface area contributed by atoms with Crippen molar-refractivity contribution in [3.05, 3.63) is 0 Å². The molecule has 228 valence electrons. The number of hydrogen-bond acceptors (Lipinski definition) is 14. The van der Waals surface area contributed by atoms with Crippen LogP contribution in [0, 0.1) is 0 Å². The molecule has 20 nitrogen and oxygen atoms in total. The van der Waals surface area contributed by atoms with Gasteiger partial charge in [-0.1, -0.05) is 0 Å². The molecular weight excluding hydrogens is 578 g/mol. The van der Waals surface area contributed by atoms with Crippen LogP contribution in [0.15, 0.2) is 0 Å². The van der Waals surface area contributed by atoms with E-state index in [2.05, 4.69) is 42.1 Å². The van der Waals surface area contributed by atoms with E-state index in [1.807, 2.05) is 0 Å². The fourth-order valence-electron chi connectivity index (χ4n) is 3.92. The maximum absolute atomic E-state index is 12.3. The van der Waals surface area contributed by atoms with Crippen LogP contribution in [-0.4, -0.2) is 118 Å². The van der Waals surface area contributed by atoms with Crippen molar-refractivity contribution in [2.75, 3.05) is 25.5 Å². The average molecular weight is 620 g/mol. The third-order valence-corrected chi connectivity index (χ3v) is 9.50. The van der Waals surface area contributed by atoms with Gasteiger partial charge in [0, 0.05) is 47.5 Å². The van der Waals surface area contributed by atoms with E-state index in [4.69, 9.17) is 18.9 Å². The summed E-state index contributed by atoms with van der Waals surface area (Å²) in [6, 6.07) is 0. The summed E-state index contributed by atoms with van der Waals surface area (Å²) < 4.78 is 40.0. The van der Waals surface area contributed by atoms with Gasteiger partial charge in [0.05, 0.1) is 6.10 Å². The molecular formula is C17H42N4O16P2+8. The minimum Gasteiger partial charge on any atom is -0.388 e. The topological polar surface area (TPSA) is 350 Å². The quantitative estimate of drug-likeness (QED) is 0.0332. The molecule has 0 saturated carbocycles. The molecule has 10 atom stereocenters. The smallest absolute Gasteiger partial charge is 0.388 e. The summed E-state index contributed by atoms with van der Waals surface area (Å²) in [5.74, 6) is 12.2. The zero-order valence-electron chi connectivity index (χ0n) is 21.2. The van der Waals surface area contributed by atoms with Gasteiger partial charge < -0.3 is 30.6 Å². The molecule has 0 aromatic rings. The molecule has 2 aliphatic heterocycles. The van der Waals surface area contributed by atoms with Gasteiger partial charge >= 0.3 is 28.5 Å². The SMILES string of the molecule is [NH3+]O[P+]([O])(CC[C@H]1O[C@H]([O+]CCCC[O+][C@H]2O[C@H](C[P+]([O])(O[NH3+])O[NH3+])[C@@H](O)[C@H](O)[C@@H]2O)[C@@H](O)[C@@H](O)[C@@H]1O)O[NH3+]. The van der Waals surface area contributed by atoms with E-state index >= 15 is 0 Å². The monoisotopic (exact) mass is 620 g/mol. The number of quaternary nitrogens is 4. The van der Waals surface area contributed by atoms with Gasteiger partial charge in [-0.25, -0.2) is 0 Å². The summed E-state index contributed by atoms with van der Waals surface area (Å²) in [7, 11) is -7.42. The number of aliphatic hydroxyl groups is 6. The van der Waals surface area contributed by atoms with Crippen molar-refractivity contribution >= 4 is 15.9 Å². The van der Waals surface area contributed by atoms with Crippen LogP contribution in [0.2, 0.25) is 0 Å². The van der Waals surface area contributed by atoms with Crippen molar-refractivity contribution in [2.45, 2.75) is 80.7 Å². The van der Waals surface area contributed by atoms with Crippen molar-refractivity contribution in [3.8, 4) is 0 Å². The van der Waals surface area contributed by atoms with E-state index in [1.165, 1.54) is 0 Å². The minimum absolute atomic E-state index is 0.000613. The summed E-state index contributed by atoms with van der Waals surface area (Å²) in [6.45, 7) is 0.0192. The van der Waals surface area contributed by atoms with Crippen LogP contribution in [0.1, 0.15) is 19.3 Å². The molecule has 2 rings (SSSR count). The molecule has 2 aliphatic rings. The van der Waals surface area contributed by atoms with Crippen molar-refractivity contribution < 1.29 is 101 Å². The van der Waals surface area contributed by atoms with Gasteiger partial charge in [0.2, 0.25) is 13.2 Å². The van der Waals surface area contributed by atoms with Gasteiger partial charge in [0.15, 0.2) is 24.5 Å². The van der Waals surface area contributed by atoms with Gasteiger partial charge in [-0.3, -0.25) is 9.47 Å². The summed E-state index contributed by atoms with van der Waals surface area (Å²) in [5.41, 5.74) is 0. The third kappa shape index (κ3) is 9.53. The maximum atomic E-state index is 12.3. The molecule has 2 saturated heterocycles. The highest BCUT2D eigenvalue weighted by molar-refractivity contribution is 7.60. The lowest BCUT2D eigenvalue weighted by Gasteiger charge is -2.35. The summed E-state index contributed by atoms with van der Waals surface area (Å²) in [5, 5.41) is 61.0. The van der Waals surface area contributed by atoms with Crippen LogP contribution in [0.5, 0.6) is 0 Å². The second-order valence-corrected chi connectivity index (χ2v) is 13.2. The normalized spacial score (nSPS) is 36.3. The van der Waals surface area contributed by atoms with Gasteiger partial charge in [-0.05, 0) is 0 Å². The van der Waals surface area contributed by atoms with Gasteiger partial charge in [-0.2, -0.15) is 23.6 Å². The lowest BCUT2D eigenvalue weighted by molar-refractivity contribution is -0.683. The highest BCUT2D eigenvalue weighted by Crippen LogP contribution is 2.55. The second kappa shape index (κ2) is 16.1. The fourth-order valence-corrected chi connectivity index (χ4v) is 5.85. The predicted molar refractivity (Wildman–Crippen MR) is 120 cm³/mol. The molecule has 0 unspecified atom stereocenters. The highest BCUT2D eigenvalue weighted by atomic mass is 31.2. The van der Waals surface area contributed by atoms with Crippen LogP contribution >= 0.6 is 15.9 Å². The highest BCUT2D eigenvalue weighted by Gasteiger charge is 2.60. The van der Waals surface area contributed by atoms with Crippen LogP contribution in [-0.2, 0) is 47.2 Å². The van der Waals surface area contributed by atoms with E-state index in [0.717, 1.165) is 0 Å². The average Bonchev–Trinajstić information content (AvgIpc) is 2.94. The first-order valence-corrected chi connectivity index (χ1v) is 15.4. The molecule has 0 aromatic carbocycles. The lowest BCUT2D eigenvalue weighted by Crippen LogP contribution is -2.61. The Labute approximate surface area is 224 Å². The Morgan fingerprint density at radius 2 is 1.03 bits per heavy atom. The predicted octanol–water partition coefficient (Wildman–Crippen LogP) is -7.11. The first-order valence-electron chi connectivity index (χ1n) is 11.9. The Bertz CT molecular complexity index is 716. The molecule has 0 aliphatic carbocycles. The van der Waals surface area contributed by atoms with Crippen molar-refractivity contribution in [1.82, 2.24) is 0 Å². The number of hydrogen-bond donors (Lipinski definition) is 10. The second-order valence-electron chi connectivity index (χ2n) is 8.91. The molecule has 22 heteroatoms. The van der Waals surface area contributed by atoms with Crippen LogP contribution in [0.3, 0.4) is 0 Å². The van der Waals surface area contributed by atoms with E-state index < -0.39 is 83.5 Å². The van der Waals surface area contributed by atoms with E-state index in [0.29, 0.717) is 12.8 Å². The standard InChI is InChI=1S/C17H42N4O16P2/c18-34-38(28,35-19)6-3-8-10(22)12(24)14(26)16(32-8)30-4-1-2-5-31-17-15(27)13(25)11(23)9(33-17)7-39(29,36-20)37-21/h8-17,22-27H,1-7H2,18-21H3/q+8/t8-,9-,10-,11-,12+,13+,14+,15+,16+,17+/m1/s1. The first-order chi connectivity index (χ1) is 18.3. The van der Waals surface area contributed by atoms with Crippen LogP contribution in [0.4, 0.5) is 0 Å². The first kappa shape index (κ1) is 35.3. The van der Waals surface area contributed by atoms with Crippen molar-refractivity contribution in [3.63, 3.8) is 0 Å². The molecule has 0 spiro atoms. The zero-order valence-corrected chi connectivity index (χ0v) is 23.0. The largest absolute Gasteiger partial charge is 0.579 e.